The smallest absolute Gasteiger partial charge is 0.332 e. The zero-order valence-corrected chi connectivity index (χ0v) is 10.4. The molecule has 0 saturated carbocycles. The molecule has 19 heavy (non-hydrogen) atoms. The number of aromatic nitrogens is 1. The minimum atomic E-state index is -0.748. The van der Waals surface area contributed by atoms with Gasteiger partial charge in [-0.1, -0.05) is 24.3 Å². The minimum absolute atomic E-state index is 0.552. The van der Waals surface area contributed by atoms with Crippen LogP contribution in [0.4, 0.5) is 0 Å². The van der Waals surface area contributed by atoms with Crippen LogP contribution in [0, 0.1) is 11.3 Å². The van der Waals surface area contributed by atoms with E-state index in [1.165, 1.54) is 13.0 Å². The molecule has 1 aromatic heterocycles. The van der Waals surface area contributed by atoms with E-state index in [1.54, 1.807) is 6.08 Å². The standard InChI is InChI=1S/C15H12N2O2/c1-11(10-16)19-15(18)9-8-13-7-6-12-4-2-3-5-14(12)17-13/h2-9,11H,1H3. The van der Waals surface area contributed by atoms with Gasteiger partial charge in [-0.25, -0.2) is 9.78 Å². The Morgan fingerprint density at radius 1 is 1.37 bits per heavy atom. The molecule has 1 aromatic carbocycles. The molecule has 0 aliphatic heterocycles. The van der Waals surface area contributed by atoms with E-state index in [1.807, 2.05) is 42.5 Å². The van der Waals surface area contributed by atoms with Gasteiger partial charge in [0.25, 0.3) is 0 Å². The number of hydrogen-bond donors (Lipinski definition) is 0. The van der Waals surface area contributed by atoms with E-state index in [0.717, 1.165) is 10.9 Å². The molecule has 0 amide bonds. The third-order valence-electron chi connectivity index (χ3n) is 2.48. The Morgan fingerprint density at radius 3 is 2.95 bits per heavy atom. The Balaban J connectivity index is 2.13. The van der Waals surface area contributed by atoms with Crippen LogP contribution < -0.4 is 0 Å². The molecular formula is C15H12N2O2. The summed E-state index contributed by atoms with van der Waals surface area (Å²) in [4.78, 5) is 15.7. The molecule has 1 atom stereocenters. The van der Waals surface area contributed by atoms with E-state index < -0.39 is 12.1 Å². The quantitative estimate of drug-likeness (QED) is 0.622. The van der Waals surface area contributed by atoms with E-state index >= 15 is 0 Å². The molecule has 1 heterocycles. The zero-order chi connectivity index (χ0) is 13.7. The van der Waals surface area contributed by atoms with Crippen molar-refractivity contribution in [2.75, 3.05) is 0 Å². The van der Waals surface area contributed by atoms with E-state index in [0.29, 0.717) is 5.69 Å². The average molecular weight is 252 g/mol. The lowest BCUT2D eigenvalue weighted by atomic mass is 10.2. The van der Waals surface area contributed by atoms with Gasteiger partial charge in [0.15, 0.2) is 6.10 Å². The van der Waals surface area contributed by atoms with Crippen molar-refractivity contribution < 1.29 is 9.53 Å². The Morgan fingerprint density at radius 2 is 2.16 bits per heavy atom. The Bertz CT molecular complexity index is 671. The Hall–Kier alpha value is -2.67. The van der Waals surface area contributed by atoms with Crippen LogP contribution in [0.15, 0.2) is 42.5 Å². The highest BCUT2D eigenvalue weighted by Crippen LogP contribution is 2.12. The summed E-state index contributed by atoms with van der Waals surface area (Å²) < 4.78 is 4.79. The van der Waals surface area contributed by atoms with Crippen molar-refractivity contribution >= 4 is 22.9 Å². The van der Waals surface area contributed by atoms with Crippen LogP contribution in [0.2, 0.25) is 0 Å². The highest BCUT2D eigenvalue weighted by atomic mass is 16.5. The number of pyridine rings is 1. The molecule has 0 fully saturated rings. The first-order chi connectivity index (χ1) is 9.19. The third-order valence-corrected chi connectivity index (χ3v) is 2.48. The molecule has 94 valence electrons. The van der Waals surface area contributed by atoms with Gasteiger partial charge in [0.2, 0.25) is 0 Å². The van der Waals surface area contributed by atoms with Gasteiger partial charge >= 0.3 is 5.97 Å². The van der Waals surface area contributed by atoms with Crippen molar-refractivity contribution in [1.29, 1.82) is 5.26 Å². The first-order valence-electron chi connectivity index (χ1n) is 5.83. The molecule has 1 unspecified atom stereocenters. The highest BCUT2D eigenvalue weighted by Gasteiger charge is 2.04. The monoisotopic (exact) mass is 252 g/mol. The second kappa shape index (κ2) is 5.78. The van der Waals surface area contributed by atoms with Gasteiger partial charge in [0.05, 0.1) is 11.2 Å². The molecule has 0 bridgehead atoms. The van der Waals surface area contributed by atoms with Crippen molar-refractivity contribution in [3.63, 3.8) is 0 Å². The zero-order valence-electron chi connectivity index (χ0n) is 10.4. The molecule has 4 nitrogen and oxygen atoms in total. The molecule has 2 rings (SSSR count). The van der Waals surface area contributed by atoms with Crippen LogP contribution in [0.3, 0.4) is 0 Å². The number of ether oxygens (including phenoxy) is 1. The summed E-state index contributed by atoms with van der Waals surface area (Å²) in [6.45, 7) is 1.51. The van der Waals surface area contributed by atoms with Gasteiger partial charge in [-0.05, 0) is 25.1 Å². The van der Waals surface area contributed by atoms with Crippen molar-refractivity contribution in [2.24, 2.45) is 0 Å². The summed E-state index contributed by atoms with van der Waals surface area (Å²) in [5.74, 6) is -0.552. The van der Waals surface area contributed by atoms with Crippen LogP contribution >= 0.6 is 0 Å². The highest BCUT2D eigenvalue weighted by molar-refractivity contribution is 5.87. The van der Waals surface area contributed by atoms with Crippen LogP contribution in [0.25, 0.3) is 17.0 Å². The fraction of sp³-hybridized carbons (Fsp3) is 0.133. The number of rotatable bonds is 3. The third kappa shape index (κ3) is 3.39. The number of benzene rings is 1. The summed E-state index contributed by atoms with van der Waals surface area (Å²) >= 11 is 0. The number of fused-ring (bicyclic) bond motifs is 1. The predicted octanol–water partition coefficient (Wildman–Crippen LogP) is 2.70. The summed E-state index contributed by atoms with van der Waals surface area (Å²) in [7, 11) is 0. The van der Waals surface area contributed by atoms with Crippen LogP contribution in [0.1, 0.15) is 12.6 Å². The normalized spacial score (nSPS) is 12.2. The van der Waals surface area contributed by atoms with Gasteiger partial charge in [-0.2, -0.15) is 5.26 Å². The van der Waals surface area contributed by atoms with Gasteiger partial charge in [-0.3, -0.25) is 0 Å². The molecule has 4 heteroatoms. The number of carbonyl (C=O) groups is 1. The maximum Gasteiger partial charge on any atom is 0.332 e. The number of carbonyl (C=O) groups excluding carboxylic acids is 1. The number of esters is 1. The number of hydrogen-bond acceptors (Lipinski definition) is 4. The fourth-order valence-electron chi connectivity index (χ4n) is 1.57. The summed E-state index contributed by atoms with van der Waals surface area (Å²) in [5, 5.41) is 9.57. The molecule has 0 N–H and O–H groups in total. The lowest BCUT2D eigenvalue weighted by molar-refractivity contribution is -0.139. The molecule has 2 aromatic rings. The second-order valence-electron chi connectivity index (χ2n) is 3.97. The second-order valence-corrected chi connectivity index (χ2v) is 3.97. The SMILES string of the molecule is CC(C#N)OC(=O)C=Cc1ccc2ccccc2n1. The van der Waals surface area contributed by atoms with Crippen molar-refractivity contribution in [1.82, 2.24) is 4.98 Å². The number of para-hydroxylation sites is 1. The topological polar surface area (TPSA) is 63.0 Å². The molecule has 0 radical (unpaired) electrons. The summed E-state index contributed by atoms with van der Waals surface area (Å²) in [6, 6.07) is 13.3. The molecule has 0 aliphatic rings. The minimum Gasteiger partial charge on any atom is -0.444 e. The average Bonchev–Trinajstić information content (AvgIpc) is 2.44. The van der Waals surface area contributed by atoms with E-state index in [2.05, 4.69) is 4.98 Å². The molecular weight excluding hydrogens is 240 g/mol. The first-order valence-corrected chi connectivity index (χ1v) is 5.83. The predicted molar refractivity (Wildman–Crippen MR) is 71.9 cm³/mol. The fourth-order valence-corrected chi connectivity index (χ4v) is 1.57. The summed E-state index contributed by atoms with van der Waals surface area (Å²) in [5.41, 5.74) is 1.53. The molecule has 0 spiro atoms. The first kappa shape index (κ1) is 12.8. The van der Waals surface area contributed by atoms with Crippen molar-refractivity contribution in [3.8, 4) is 6.07 Å². The van der Waals surface area contributed by atoms with Crippen LogP contribution in [-0.4, -0.2) is 17.1 Å². The summed E-state index contributed by atoms with van der Waals surface area (Å²) in [6.07, 6.45) is 2.09. The molecule has 0 saturated heterocycles. The van der Waals surface area contributed by atoms with E-state index in [9.17, 15) is 4.79 Å². The van der Waals surface area contributed by atoms with E-state index in [-0.39, 0.29) is 0 Å². The number of nitriles is 1. The lowest BCUT2D eigenvalue weighted by Crippen LogP contribution is -2.10. The number of nitrogens with zero attached hydrogens (tertiary/aromatic N) is 2. The largest absolute Gasteiger partial charge is 0.444 e. The molecule has 0 aliphatic carbocycles. The Kier molecular flexibility index (Phi) is 3.89. The van der Waals surface area contributed by atoms with Gasteiger partial charge in [0.1, 0.15) is 6.07 Å². The van der Waals surface area contributed by atoms with E-state index in [4.69, 9.17) is 10.00 Å². The van der Waals surface area contributed by atoms with Gasteiger partial charge < -0.3 is 4.74 Å². The maximum absolute atomic E-state index is 11.4. The van der Waals surface area contributed by atoms with Crippen molar-refractivity contribution in [3.05, 3.63) is 48.2 Å². The van der Waals surface area contributed by atoms with Crippen molar-refractivity contribution in [2.45, 2.75) is 13.0 Å². The Labute approximate surface area is 111 Å². The van der Waals surface area contributed by atoms with Crippen LogP contribution in [-0.2, 0) is 9.53 Å². The maximum atomic E-state index is 11.4. The van der Waals surface area contributed by atoms with Gasteiger partial charge in [-0.15, -0.1) is 0 Å². The van der Waals surface area contributed by atoms with Gasteiger partial charge in [0, 0.05) is 11.5 Å². The lowest BCUT2D eigenvalue weighted by Gasteiger charge is -2.01. The van der Waals surface area contributed by atoms with Crippen LogP contribution in [0.5, 0.6) is 0 Å².